The molecule has 1 aromatic carbocycles. The largest absolute Gasteiger partial charge is 0.361 e. The monoisotopic (exact) mass is 243 g/mol. The summed E-state index contributed by atoms with van der Waals surface area (Å²) in [5.74, 6) is 0.641. The maximum Gasteiger partial charge on any atom is 0.0456 e. The van der Waals surface area contributed by atoms with Gasteiger partial charge in [-0.1, -0.05) is 18.2 Å². The van der Waals surface area contributed by atoms with Gasteiger partial charge in [-0.25, -0.2) is 0 Å². The van der Waals surface area contributed by atoms with E-state index in [1.54, 1.807) is 0 Å². The quantitative estimate of drug-likeness (QED) is 0.869. The van der Waals surface area contributed by atoms with Gasteiger partial charge in [0.2, 0.25) is 0 Å². The van der Waals surface area contributed by atoms with Crippen LogP contribution in [-0.4, -0.2) is 35.6 Å². The molecule has 1 aliphatic heterocycles. The molecule has 2 unspecified atom stereocenters. The molecule has 0 saturated carbocycles. The Morgan fingerprint density at radius 1 is 1.39 bits per heavy atom. The Labute approximate surface area is 108 Å². The minimum absolute atomic E-state index is 0.641. The smallest absolute Gasteiger partial charge is 0.0456 e. The SMILES string of the molecule is CC1CC(c2c[nH]c3ccccc23)CN1CCN. The van der Waals surface area contributed by atoms with Crippen molar-refractivity contribution in [2.75, 3.05) is 19.6 Å². The molecule has 3 N–H and O–H groups in total. The lowest BCUT2D eigenvalue weighted by atomic mass is 9.96. The highest BCUT2D eigenvalue weighted by molar-refractivity contribution is 5.83. The van der Waals surface area contributed by atoms with E-state index >= 15 is 0 Å². The molecule has 3 nitrogen and oxygen atoms in total. The maximum absolute atomic E-state index is 5.68. The van der Waals surface area contributed by atoms with Crippen molar-refractivity contribution in [3.8, 4) is 0 Å². The standard InChI is InChI=1S/C15H21N3/c1-11-8-12(10-18(11)7-6-16)14-9-17-15-5-3-2-4-13(14)15/h2-5,9,11-12,17H,6-8,10,16H2,1H3. The third-order valence-corrected chi connectivity index (χ3v) is 4.18. The molecular formula is C15H21N3. The minimum atomic E-state index is 0.641. The van der Waals surface area contributed by atoms with Crippen molar-refractivity contribution in [3.05, 3.63) is 36.0 Å². The van der Waals surface area contributed by atoms with Crippen molar-refractivity contribution in [2.24, 2.45) is 5.73 Å². The van der Waals surface area contributed by atoms with E-state index in [9.17, 15) is 0 Å². The molecule has 0 radical (unpaired) electrons. The van der Waals surface area contributed by atoms with E-state index < -0.39 is 0 Å². The van der Waals surface area contributed by atoms with E-state index in [1.807, 2.05) is 0 Å². The normalized spacial score (nSPS) is 25.0. The first-order chi connectivity index (χ1) is 8.79. The van der Waals surface area contributed by atoms with Gasteiger partial charge < -0.3 is 10.7 Å². The van der Waals surface area contributed by atoms with E-state index in [0.29, 0.717) is 12.0 Å². The lowest BCUT2D eigenvalue weighted by molar-refractivity contribution is 0.275. The van der Waals surface area contributed by atoms with Crippen molar-refractivity contribution in [3.63, 3.8) is 0 Å². The lowest BCUT2D eigenvalue weighted by Gasteiger charge is -2.19. The highest BCUT2D eigenvalue weighted by Gasteiger charge is 2.30. The summed E-state index contributed by atoms with van der Waals surface area (Å²) in [6.45, 7) is 5.22. The summed E-state index contributed by atoms with van der Waals surface area (Å²) in [4.78, 5) is 5.89. The molecule has 3 rings (SSSR count). The van der Waals surface area contributed by atoms with E-state index in [1.165, 1.54) is 22.9 Å². The molecule has 2 atom stereocenters. The second-order valence-electron chi connectivity index (χ2n) is 5.35. The molecule has 0 spiro atoms. The van der Waals surface area contributed by atoms with Crippen molar-refractivity contribution in [1.29, 1.82) is 0 Å². The van der Waals surface area contributed by atoms with Crippen LogP contribution in [0.3, 0.4) is 0 Å². The third-order valence-electron chi connectivity index (χ3n) is 4.18. The Bertz CT molecular complexity index is 531. The molecule has 1 saturated heterocycles. The van der Waals surface area contributed by atoms with Crippen LogP contribution < -0.4 is 5.73 Å². The number of nitrogens with two attached hydrogens (primary N) is 1. The van der Waals surface area contributed by atoms with E-state index in [-0.39, 0.29) is 0 Å². The predicted molar refractivity (Wildman–Crippen MR) is 75.7 cm³/mol. The van der Waals surface area contributed by atoms with E-state index in [4.69, 9.17) is 5.73 Å². The third kappa shape index (κ3) is 1.93. The zero-order chi connectivity index (χ0) is 12.5. The highest BCUT2D eigenvalue weighted by atomic mass is 15.2. The number of hydrogen-bond acceptors (Lipinski definition) is 2. The Morgan fingerprint density at radius 3 is 3.06 bits per heavy atom. The zero-order valence-corrected chi connectivity index (χ0v) is 10.9. The van der Waals surface area contributed by atoms with E-state index in [2.05, 4.69) is 47.3 Å². The maximum atomic E-state index is 5.68. The number of aromatic nitrogens is 1. The second-order valence-corrected chi connectivity index (χ2v) is 5.35. The number of rotatable bonds is 3. The topological polar surface area (TPSA) is 45.0 Å². The number of benzene rings is 1. The number of nitrogens with zero attached hydrogens (tertiary/aromatic N) is 1. The van der Waals surface area contributed by atoms with Gasteiger partial charge in [-0.15, -0.1) is 0 Å². The summed E-state index contributed by atoms with van der Waals surface area (Å²) in [6.07, 6.45) is 3.43. The molecule has 0 amide bonds. The van der Waals surface area contributed by atoms with E-state index in [0.717, 1.165) is 19.6 Å². The number of likely N-dealkylation sites (tertiary alicyclic amines) is 1. The van der Waals surface area contributed by atoms with Gasteiger partial charge >= 0.3 is 0 Å². The van der Waals surface area contributed by atoms with Gasteiger partial charge in [0, 0.05) is 48.7 Å². The second kappa shape index (κ2) is 4.75. The number of nitrogens with one attached hydrogen (secondary N) is 1. The van der Waals surface area contributed by atoms with Crippen molar-refractivity contribution in [2.45, 2.75) is 25.3 Å². The first kappa shape index (κ1) is 11.8. The number of aromatic amines is 1. The Kier molecular flexibility index (Phi) is 3.10. The van der Waals surface area contributed by atoms with Crippen LogP contribution in [0, 0.1) is 0 Å². The van der Waals surface area contributed by atoms with Crippen LogP contribution in [0.1, 0.15) is 24.8 Å². The van der Waals surface area contributed by atoms with Gasteiger partial charge in [0.1, 0.15) is 0 Å². The first-order valence-electron chi connectivity index (χ1n) is 6.79. The highest BCUT2D eigenvalue weighted by Crippen LogP contribution is 2.35. The molecule has 1 aliphatic rings. The molecule has 1 aromatic heterocycles. The molecule has 2 aromatic rings. The Morgan fingerprint density at radius 2 is 2.22 bits per heavy atom. The Hall–Kier alpha value is -1.32. The van der Waals surface area contributed by atoms with Gasteiger partial charge in [0.05, 0.1) is 0 Å². The van der Waals surface area contributed by atoms with Crippen molar-refractivity contribution >= 4 is 10.9 Å². The summed E-state index contributed by atoms with van der Waals surface area (Å²) in [5, 5.41) is 1.38. The summed E-state index contributed by atoms with van der Waals surface area (Å²) in [7, 11) is 0. The summed E-state index contributed by atoms with van der Waals surface area (Å²) in [5.41, 5.74) is 8.39. The average Bonchev–Trinajstić information content (AvgIpc) is 2.94. The molecule has 96 valence electrons. The first-order valence-corrected chi connectivity index (χ1v) is 6.79. The molecule has 0 bridgehead atoms. The van der Waals surface area contributed by atoms with Crippen LogP contribution in [0.5, 0.6) is 0 Å². The average molecular weight is 243 g/mol. The molecule has 2 heterocycles. The fourth-order valence-electron chi connectivity index (χ4n) is 3.23. The zero-order valence-electron chi connectivity index (χ0n) is 10.9. The van der Waals surface area contributed by atoms with Crippen LogP contribution in [0.25, 0.3) is 10.9 Å². The molecule has 3 heteroatoms. The fourth-order valence-corrected chi connectivity index (χ4v) is 3.23. The van der Waals surface area contributed by atoms with Crippen LogP contribution in [0.2, 0.25) is 0 Å². The number of H-pyrrole nitrogens is 1. The molecule has 18 heavy (non-hydrogen) atoms. The van der Waals surface area contributed by atoms with Crippen LogP contribution >= 0.6 is 0 Å². The van der Waals surface area contributed by atoms with Gasteiger partial charge in [-0.2, -0.15) is 0 Å². The Balaban J connectivity index is 1.88. The lowest BCUT2D eigenvalue weighted by Crippen LogP contribution is -2.32. The summed E-state index contributed by atoms with van der Waals surface area (Å²) in [6, 6.07) is 9.22. The van der Waals surface area contributed by atoms with Crippen LogP contribution in [-0.2, 0) is 0 Å². The fraction of sp³-hybridized carbons (Fsp3) is 0.467. The number of para-hydroxylation sites is 1. The van der Waals surface area contributed by atoms with Crippen LogP contribution in [0.4, 0.5) is 0 Å². The summed E-state index contributed by atoms with van der Waals surface area (Å²) >= 11 is 0. The van der Waals surface area contributed by atoms with Crippen molar-refractivity contribution < 1.29 is 0 Å². The number of fused-ring (bicyclic) bond motifs is 1. The minimum Gasteiger partial charge on any atom is -0.361 e. The van der Waals surface area contributed by atoms with Gasteiger partial charge in [0.15, 0.2) is 0 Å². The number of hydrogen-bond donors (Lipinski definition) is 2. The molecule has 1 fully saturated rings. The van der Waals surface area contributed by atoms with Gasteiger partial charge in [-0.05, 0) is 25.0 Å². The molecular weight excluding hydrogens is 222 g/mol. The summed E-state index contributed by atoms with van der Waals surface area (Å²) < 4.78 is 0. The van der Waals surface area contributed by atoms with Crippen LogP contribution in [0.15, 0.2) is 30.5 Å². The van der Waals surface area contributed by atoms with Gasteiger partial charge in [0.25, 0.3) is 0 Å². The molecule has 0 aliphatic carbocycles. The van der Waals surface area contributed by atoms with Gasteiger partial charge in [-0.3, -0.25) is 4.90 Å². The van der Waals surface area contributed by atoms with Crippen molar-refractivity contribution in [1.82, 2.24) is 9.88 Å². The predicted octanol–water partition coefficient (Wildman–Crippen LogP) is 2.30.